The van der Waals surface area contributed by atoms with E-state index in [2.05, 4.69) is 15.4 Å². The Bertz CT molecular complexity index is 907. The second kappa shape index (κ2) is 16.8. The first-order valence-corrected chi connectivity index (χ1v) is 12.8. The van der Waals surface area contributed by atoms with Gasteiger partial charge in [-0.15, -0.1) is 0 Å². The second-order valence-electron chi connectivity index (χ2n) is 12.6. The van der Waals surface area contributed by atoms with E-state index in [0.717, 1.165) is 27.7 Å². The number of esters is 1. The molecule has 0 saturated heterocycles. The molecule has 0 spiro atoms. The minimum Gasteiger partial charge on any atom is -0.480 e. The van der Waals surface area contributed by atoms with Gasteiger partial charge in [0, 0.05) is 0 Å². The Morgan fingerprint density at radius 1 is 0.651 bits per heavy atom. The van der Waals surface area contributed by atoms with Crippen LogP contribution in [0.5, 0.6) is 0 Å². The Morgan fingerprint density at radius 2 is 0.977 bits per heavy atom. The summed E-state index contributed by atoms with van der Waals surface area (Å²) in [5.41, 5.74) is -5.48. The van der Waals surface area contributed by atoms with Crippen molar-refractivity contribution in [1.29, 1.82) is 0 Å². The minimum atomic E-state index is -4.49. The van der Waals surface area contributed by atoms with Crippen LogP contribution in [0, 0.1) is 10.8 Å². The van der Waals surface area contributed by atoms with Crippen molar-refractivity contribution < 1.29 is 69.9 Å². The summed E-state index contributed by atoms with van der Waals surface area (Å²) in [6.45, 7) is 14.8. The van der Waals surface area contributed by atoms with E-state index >= 15 is 0 Å². The molecular formula is C26H46F6N2O9. The third-order valence-corrected chi connectivity index (χ3v) is 4.70. The lowest BCUT2D eigenvalue weighted by Gasteiger charge is -2.27. The number of carboxylic acids is 1. The zero-order chi connectivity index (χ0) is 35.4. The number of aliphatic carboxylic acids is 1. The molecule has 0 bridgehead atoms. The molecule has 0 saturated carbocycles. The molecule has 0 fully saturated rings. The fourth-order valence-electron chi connectivity index (χ4n) is 1.64. The highest BCUT2D eigenvalue weighted by molar-refractivity contribution is 5.81. The summed E-state index contributed by atoms with van der Waals surface area (Å²) in [5.74, 6) is -2.05. The van der Waals surface area contributed by atoms with E-state index in [1.165, 1.54) is 13.8 Å². The number of aliphatic hydroxyl groups excluding tert-OH is 1. The summed E-state index contributed by atoms with van der Waals surface area (Å²) in [7, 11) is 0. The standard InChI is InChI=1S/C13H22F3NO4.C8H15NO4.C5H9F3O/c1-8(17-10(19)21-11(2,3)4)9(18)20-7-12(5,6)13(14,15)16;1-5(6(10)11)9-7(12)13-8(2,3)4;1-4(2,3-9)5(6,7)8/h8H,7H2,1-6H3,(H,17,19);5H,1-4H3,(H,9,12)(H,10,11);9H,3H2,1-2H3/t8-;5-;/m00./s1. The normalized spacial score (nSPS) is 13.9. The molecule has 43 heavy (non-hydrogen) atoms. The SMILES string of the molecule is CC(C)(CO)C(F)(F)F.C[C@H](NC(=O)OC(C)(C)C)C(=O)O.C[C@H](NC(=O)OC(C)(C)C)C(=O)OCC(C)(C)C(F)(F)F. The Kier molecular flexibility index (Phi) is 17.3. The zero-order valence-electron chi connectivity index (χ0n) is 26.6. The molecule has 0 aliphatic carbocycles. The number of carbonyl (C=O) groups is 4. The number of aliphatic hydroxyl groups is 1. The van der Waals surface area contributed by atoms with Crippen LogP contribution in [0.25, 0.3) is 0 Å². The van der Waals surface area contributed by atoms with Crippen LogP contribution in [0.15, 0.2) is 0 Å². The van der Waals surface area contributed by atoms with Gasteiger partial charge in [-0.2, -0.15) is 26.3 Å². The Hall–Kier alpha value is -2.98. The number of hydrogen-bond acceptors (Lipinski definition) is 8. The largest absolute Gasteiger partial charge is 0.480 e. The molecule has 2 atom stereocenters. The van der Waals surface area contributed by atoms with Gasteiger partial charge in [0.25, 0.3) is 0 Å². The van der Waals surface area contributed by atoms with Crippen molar-refractivity contribution >= 4 is 24.1 Å². The Morgan fingerprint density at radius 3 is 1.21 bits per heavy atom. The van der Waals surface area contributed by atoms with Gasteiger partial charge < -0.3 is 35.1 Å². The lowest BCUT2D eigenvalue weighted by atomic mass is 9.94. The van der Waals surface area contributed by atoms with Gasteiger partial charge in [-0.3, -0.25) is 4.79 Å². The number of amides is 2. The highest BCUT2D eigenvalue weighted by Gasteiger charge is 2.48. The van der Waals surface area contributed by atoms with Crippen molar-refractivity contribution in [3.63, 3.8) is 0 Å². The average molecular weight is 645 g/mol. The van der Waals surface area contributed by atoms with E-state index < -0.39 is 83.8 Å². The maximum Gasteiger partial charge on any atom is 0.408 e. The maximum atomic E-state index is 12.6. The molecule has 0 aliphatic rings. The van der Waals surface area contributed by atoms with Crippen LogP contribution in [0.4, 0.5) is 35.9 Å². The number of alkyl carbamates (subject to hydrolysis) is 2. The number of alkyl halides is 6. The zero-order valence-corrected chi connectivity index (χ0v) is 26.6. The summed E-state index contributed by atoms with van der Waals surface area (Å²) in [4.78, 5) is 44.3. The Labute approximate surface area is 248 Å². The molecule has 0 aromatic carbocycles. The Balaban J connectivity index is -0.000000618. The number of carbonyl (C=O) groups excluding carboxylic acids is 3. The van der Waals surface area contributed by atoms with Gasteiger partial charge in [-0.25, -0.2) is 14.4 Å². The number of nitrogens with one attached hydrogen (secondary N) is 2. The van der Waals surface area contributed by atoms with Crippen molar-refractivity contribution in [2.45, 2.75) is 119 Å². The lowest BCUT2D eigenvalue weighted by molar-refractivity contribution is -0.226. The highest BCUT2D eigenvalue weighted by Crippen LogP contribution is 2.38. The predicted octanol–water partition coefficient (Wildman–Crippen LogP) is 5.58. The third-order valence-electron chi connectivity index (χ3n) is 4.70. The highest BCUT2D eigenvalue weighted by atomic mass is 19.4. The topological polar surface area (TPSA) is 160 Å². The molecule has 4 N–H and O–H groups in total. The summed E-state index contributed by atoms with van der Waals surface area (Å²) >= 11 is 0. The quantitative estimate of drug-likeness (QED) is 0.158. The number of rotatable bonds is 7. The number of hydrogen-bond donors (Lipinski definition) is 4. The molecule has 17 heteroatoms. The number of carboxylic acid groups (broad SMARTS) is 1. The van der Waals surface area contributed by atoms with Gasteiger partial charge in [0.15, 0.2) is 0 Å². The third kappa shape index (κ3) is 21.4. The molecule has 0 aromatic heterocycles. The van der Waals surface area contributed by atoms with Gasteiger partial charge in [0.2, 0.25) is 0 Å². The van der Waals surface area contributed by atoms with E-state index in [9.17, 15) is 45.5 Å². The molecule has 0 radical (unpaired) electrons. The van der Waals surface area contributed by atoms with Crippen molar-refractivity contribution in [1.82, 2.24) is 10.6 Å². The van der Waals surface area contributed by atoms with Crippen molar-refractivity contribution in [3.8, 4) is 0 Å². The molecule has 0 aromatic rings. The van der Waals surface area contributed by atoms with E-state index in [-0.39, 0.29) is 0 Å². The van der Waals surface area contributed by atoms with Gasteiger partial charge >= 0.3 is 36.5 Å². The summed E-state index contributed by atoms with van der Waals surface area (Å²) < 4.78 is 87.2. The van der Waals surface area contributed by atoms with Crippen molar-refractivity contribution in [3.05, 3.63) is 0 Å². The smallest absolute Gasteiger partial charge is 0.408 e. The van der Waals surface area contributed by atoms with Crippen LogP contribution in [0.3, 0.4) is 0 Å². The molecule has 2 amide bonds. The molecule has 0 unspecified atom stereocenters. The van der Waals surface area contributed by atoms with Crippen LogP contribution >= 0.6 is 0 Å². The molecule has 0 heterocycles. The minimum absolute atomic E-state index is 0.609. The van der Waals surface area contributed by atoms with E-state index in [0.29, 0.717) is 0 Å². The second-order valence-corrected chi connectivity index (χ2v) is 12.6. The van der Waals surface area contributed by atoms with Crippen LogP contribution in [-0.4, -0.2) is 83.2 Å². The van der Waals surface area contributed by atoms with E-state index in [1.54, 1.807) is 41.5 Å². The molecule has 0 aliphatic heterocycles. The first kappa shape index (κ1) is 44.5. The van der Waals surface area contributed by atoms with Crippen LogP contribution < -0.4 is 10.6 Å². The van der Waals surface area contributed by atoms with E-state index in [1.807, 2.05) is 0 Å². The fraction of sp³-hybridized carbons (Fsp3) is 0.846. The fourth-order valence-corrected chi connectivity index (χ4v) is 1.64. The van der Waals surface area contributed by atoms with Crippen LogP contribution in [0.2, 0.25) is 0 Å². The van der Waals surface area contributed by atoms with Crippen molar-refractivity contribution in [2.75, 3.05) is 13.2 Å². The number of halogens is 6. The van der Waals surface area contributed by atoms with Gasteiger partial charge in [-0.1, -0.05) is 0 Å². The predicted molar refractivity (Wildman–Crippen MR) is 143 cm³/mol. The monoisotopic (exact) mass is 644 g/mol. The van der Waals surface area contributed by atoms with Gasteiger partial charge in [0.1, 0.15) is 29.9 Å². The van der Waals surface area contributed by atoms with E-state index in [4.69, 9.17) is 19.7 Å². The lowest BCUT2D eigenvalue weighted by Crippen LogP contribution is -2.44. The molecular weight excluding hydrogens is 598 g/mol. The van der Waals surface area contributed by atoms with Gasteiger partial charge in [0.05, 0.1) is 17.4 Å². The first-order chi connectivity index (χ1) is 18.7. The summed E-state index contributed by atoms with van der Waals surface area (Å²) in [6, 6.07) is -2.04. The average Bonchev–Trinajstić information content (AvgIpc) is 2.73. The molecule has 11 nitrogen and oxygen atoms in total. The molecule has 256 valence electrons. The van der Waals surface area contributed by atoms with Gasteiger partial charge in [-0.05, 0) is 83.1 Å². The van der Waals surface area contributed by atoms with Crippen molar-refractivity contribution in [2.24, 2.45) is 10.8 Å². The first-order valence-electron chi connectivity index (χ1n) is 12.8. The number of ether oxygens (including phenoxy) is 3. The summed E-state index contributed by atoms with van der Waals surface area (Å²) in [5, 5.41) is 21.0. The molecule has 0 rings (SSSR count). The maximum absolute atomic E-state index is 12.6. The van der Waals surface area contributed by atoms with Crippen LogP contribution in [0.1, 0.15) is 83.1 Å². The van der Waals surface area contributed by atoms with Crippen LogP contribution in [-0.2, 0) is 23.8 Å². The summed E-state index contributed by atoms with van der Waals surface area (Å²) in [6.07, 6.45) is -10.4.